The number of nitrogens with zero attached hydrogens (tertiary/aromatic N) is 1. The quantitative estimate of drug-likeness (QED) is 0.711. The van der Waals surface area contributed by atoms with Crippen molar-refractivity contribution in [3.63, 3.8) is 0 Å². The Morgan fingerprint density at radius 1 is 1.07 bits per heavy atom. The van der Waals surface area contributed by atoms with Gasteiger partial charge in [0.05, 0.1) is 12.1 Å². The van der Waals surface area contributed by atoms with E-state index in [0.29, 0.717) is 17.7 Å². The molecular weight excluding hydrogens is 348 g/mol. The van der Waals surface area contributed by atoms with Crippen LogP contribution in [0, 0.1) is 6.92 Å². The first-order valence-electron chi connectivity index (χ1n) is 9.72. The summed E-state index contributed by atoms with van der Waals surface area (Å²) in [6.07, 6.45) is 0. The summed E-state index contributed by atoms with van der Waals surface area (Å²) in [5, 5.41) is 0.979. The van der Waals surface area contributed by atoms with E-state index in [2.05, 4.69) is 25.8 Å². The van der Waals surface area contributed by atoms with Crippen molar-refractivity contribution < 1.29 is 4.79 Å². The Morgan fingerprint density at radius 3 is 2.36 bits per heavy atom. The number of para-hydroxylation sites is 1. The van der Waals surface area contributed by atoms with Crippen LogP contribution < -0.4 is 5.56 Å². The largest absolute Gasteiger partial charge is 0.334 e. The zero-order chi connectivity index (χ0) is 20.5. The monoisotopic (exact) mass is 376 g/mol. The van der Waals surface area contributed by atoms with E-state index in [1.54, 1.807) is 4.90 Å². The second-order valence-electron chi connectivity index (χ2n) is 8.31. The molecular formula is C24H28N2O2. The van der Waals surface area contributed by atoms with Crippen LogP contribution in [0.5, 0.6) is 0 Å². The SMILES string of the molecule is CCN(Cc1cc2cccc(C)c2[nH]c1=O)C(=O)c1ccc(C(C)(C)C)cc1. The molecule has 3 aromatic rings. The van der Waals surface area contributed by atoms with Crippen molar-refractivity contribution in [2.75, 3.05) is 6.54 Å². The van der Waals surface area contributed by atoms with E-state index in [4.69, 9.17) is 0 Å². The van der Waals surface area contributed by atoms with Gasteiger partial charge >= 0.3 is 0 Å². The predicted octanol–water partition coefficient (Wildman–Crippen LogP) is 4.80. The smallest absolute Gasteiger partial charge is 0.254 e. The summed E-state index contributed by atoms with van der Waals surface area (Å²) >= 11 is 0. The molecule has 0 aliphatic rings. The molecule has 0 radical (unpaired) electrons. The molecule has 1 heterocycles. The lowest BCUT2D eigenvalue weighted by Crippen LogP contribution is -2.32. The fourth-order valence-electron chi connectivity index (χ4n) is 3.37. The number of carbonyl (C=O) groups excluding carboxylic acids is 1. The molecule has 0 saturated carbocycles. The average molecular weight is 377 g/mol. The van der Waals surface area contributed by atoms with Gasteiger partial charge in [-0.05, 0) is 54.0 Å². The first kappa shape index (κ1) is 19.9. The fourth-order valence-corrected chi connectivity index (χ4v) is 3.37. The minimum atomic E-state index is -0.142. The zero-order valence-electron chi connectivity index (χ0n) is 17.3. The van der Waals surface area contributed by atoms with Crippen molar-refractivity contribution in [3.8, 4) is 0 Å². The maximum atomic E-state index is 13.0. The Labute approximate surface area is 166 Å². The number of nitrogens with one attached hydrogen (secondary N) is 1. The first-order chi connectivity index (χ1) is 13.2. The second kappa shape index (κ2) is 7.63. The summed E-state index contributed by atoms with van der Waals surface area (Å²) < 4.78 is 0. The first-order valence-corrected chi connectivity index (χ1v) is 9.72. The van der Waals surface area contributed by atoms with Crippen molar-refractivity contribution >= 4 is 16.8 Å². The molecule has 3 rings (SSSR count). The lowest BCUT2D eigenvalue weighted by molar-refractivity contribution is 0.0752. The maximum Gasteiger partial charge on any atom is 0.254 e. The van der Waals surface area contributed by atoms with Crippen LogP contribution in [0.4, 0.5) is 0 Å². The van der Waals surface area contributed by atoms with Gasteiger partial charge in [0.2, 0.25) is 0 Å². The number of aromatic amines is 1. The molecule has 1 amide bonds. The highest BCUT2D eigenvalue weighted by atomic mass is 16.2. The lowest BCUT2D eigenvalue weighted by Gasteiger charge is -2.22. The van der Waals surface area contributed by atoms with Gasteiger partial charge in [0.25, 0.3) is 11.5 Å². The molecule has 0 aliphatic heterocycles. The van der Waals surface area contributed by atoms with E-state index in [9.17, 15) is 9.59 Å². The van der Waals surface area contributed by atoms with Crippen LogP contribution in [-0.4, -0.2) is 22.3 Å². The second-order valence-corrected chi connectivity index (χ2v) is 8.31. The van der Waals surface area contributed by atoms with Gasteiger partial charge in [-0.15, -0.1) is 0 Å². The topological polar surface area (TPSA) is 53.2 Å². The van der Waals surface area contributed by atoms with Gasteiger partial charge < -0.3 is 9.88 Å². The van der Waals surface area contributed by atoms with Crippen LogP contribution >= 0.6 is 0 Å². The van der Waals surface area contributed by atoms with Gasteiger partial charge in [-0.2, -0.15) is 0 Å². The number of aromatic nitrogens is 1. The molecule has 0 spiro atoms. The van der Waals surface area contributed by atoms with Gasteiger partial charge in [0, 0.05) is 17.7 Å². The standard InChI is InChI=1S/C24H28N2O2/c1-6-26(23(28)17-10-12-20(13-11-17)24(3,4)5)15-19-14-18-9-7-8-16(2)21(18)25-22(19)27/h7-14H,6,15H2,1-5H3,(H,25,27). The number of aryl methyl sites for hydroxylation is 1. The number of carbonyl (C=O) groups is 1. The van der Waals surface area contributed by atoms with Crippen LogP contribution in [0.25, 0.3) is 10.9 Å². The molecule has 28 heavy (non-hydrogen) atoms. The molecule has 1 aromatic heterocycles. The van der Waals surface area contributed by atoms with Crippen LogP contribution in [0.2, 0.25) is 0 Å². The third-order valence-electron chi connectivity index (χ3n) is 5.19. The number of pyridine rings is 1. The molecule has 4 nitrogen and oxygen atoms in total. The Hall–Kier alpha value is -2.88. The van der Waals surface area contributed by atoms with Crippen molar-refractivity contribution in [1.29, 1.82) is 0 Å². The van der Waals surface area contributed by atoms with Gasteiger partial charge in [-0.3, -0.25) is 9.59 Å². The number of hydrogen-bond donors (Lipinski definition) is 1. The van der Waals surface area contributed by atoms with Crippen LogP contribution in [0.3, 0.4) is 0 Å². The Kier molecular flexibility index (Phi) is 5.41. The van der Waals surface area contributed by atoms with E-state index in [1.807, 2.05) is 62.4 Å². The molecule has 0 aliphatic carbocycles. The summed E-state index contributed by atoms with van der Waals surface area (Å²) in [6.45, 7) is 11.2. The summed E-state index contributed by atoms with van der Waals surface area (Å²) in [4.78, 5) is 30.2. The number of rotatable bonds is 4. The maximum absolute atomic E-state index is 13.0. The van der Waals surface area contributed by atoms with E-state index in [1.165, 1.54) is 5.56 Å². The Morgan fingerprint density at radius 2 is 1.75 bits per heavy atom. The van der Waals surface area contributed by atoms with Gasteiger partial charge in [-0.25, -0.2) is 0 Å². The average Bonchev–Trinajstić information content (AvgIpc) is 2.66. The third-order valence-corrected chi connectivity index (χ3v) is 5.19. The zero-order valence-corrected chi connectivity index (χ0v) is 17.3. The van der Waals surface area contributed by atoms with Gasteiger partial charge in [0.15, 0.2) is 0 Å². The molecule has 0 bridgehead atoms. The molecule has 4 heteroatoms. The van der Waals surface area contributed by atoms with Gasteiger partial charge in [-0.1, -0.05) is 51.1 Å². The summed E-state index contributed by atoms with van der Waals surface area (Å²) in [6, 6.07) is 15.6. The van der Waals surface area contributed by atoms with E-state index >= 15 is 0 Å². The van der Waals surface area contributed by atoms with Crippen molar-refractivity contribution in [2.45, 2.75) is 46.6 Å². The van der Waals surface area contributed by atoms with E-state index in [-0.39, 0.29) is 23.4 Å². The predicted molar refractivity (Wildman–Crippen MR) is 115 cm³/mol. The number of fused-ring (bicyclic) bond motifs is 1. The van der Waals surface area contributed by atoms with Crippen LogP contribution in [-0.2, 0) is 12.0 Å². The number of benzene rings is 2. The van der Waals surface area contributed by atoms with Crippen molar-refractivity contribution in [2.24, 2.45) is 0 Å². The molecule has 0 fully saturated rings. The highest BCUT2D eigenvalue weighted by Crippen LogP contribution is 2.23. The minimum Gasteiger partial charge on any atom is -0.334 e. The van der Waals surface area contributed by atoms with Crippen LogP contribution in [0.15, 0.2) is 53.3 Å². The minimum absolute atomic E-state index is 0.0442. The lowest BCUT2D eigenvalue weighted by atomic mass is 9.86. The highest BCUT2D eigenvalue weighted by molar-refractivity contribution is 5.94. The number of amides is 1. The van der Waals surface area contributed by atoms with E-state index in [0.717, 1.165) is 16.5 Å². The molecule has 0 atom stereocenters. The summed E-state index contributed by atoms with van der Waals surface area (Å²) in [5.41, 5.74) is 4.21. The molecule has 0 saturated heterocycles. The van der Waals surface area contributed by atoms with Crippen molar-refractivity contribution in [1.82, 2.24) is 9.88 Å². The van der Waals surface area contributed by atoms with Crippen molar-refractivity contribution in [3.05, 3.63) is 81.1 Å². The van der Waals surface area contributed by atoms with Gasteiger partial charge in [0.1, 0.15) is 0 Å². The number of hydrogen-bond acceptors (Lipinski definition) is 2. The highest BCUT2D eigenvalue weighted by Gasteiger charge is 2.18. The third kappa shape index (κ3) is 4.01. The fraction of sp³-hybridized carbons (Fsp3) is 0.333. The normalized spacial score (nSPS) is 11.6. The molecule has 1 N–H and O–H groups in total. The molecule has 0 unspecified atom stereocenters. The van der Waals surface area contributed by atoms with Crippen LogP contribution in [0.1, 0.15) is 54.7 Å². The molecule has 146 valence electrons. The molecule has 2 aromatic carbocycles. The summed E-state index contributed by atoms with van der Waals surface area (Å²) in [5.74, 6) is -0.0632. The Bertz CT molecular complexity index is 1060. The number of H-pyrrole nitrogens is 1. The van der Waals surface area contributed by atoms with E-state index < -0.39 is 0 Å². The Balaban J connectivity index is 1.88. The summed E-state index contributed by atoms with van der Waals surface area (Å²) in [7, 11) is 0.